The SMILES string of the molecule is CC1CC1(O)c1sccc1Cl. The maximum absolute atomic E-state index is 9.86. The van der Waals surface area contributed by atoms with Crippen molar-refractivity contribution < 1.29 is 5.11 Å². The fourth-order valence-corrected chi connectivity index (χ4v) is 2.77. The molecule has 3 heteroatoms. The summed E-state index contributed by atoms with van der Waals surface area (Å²) in [6.07, 6.45) is 0.854. The lowest BCUT2D eigenvalue weighted by molar-refractivity contribution is 0.139. The Labute approximate surface area is 74.6 Å². The highest BCUT2D eigenvalue weighted by Crippen LogP contribution is 2.54. The summed E-state index contributed by atoms with van der Waals surface area (Å²) >= 11 is 7.42. The van der Waals surface area contributed by atoms with Crippen molar-refractivity contribution >= 4 is 22.9 Å². The summed E-state index contributed by atoms with van der Waals surface area (Å²) in [5.74, 6) is 0.374. The Kier molecular flexibility index (Phi) is 1.53. The predicted molar refractivity (Wildman–Crippen MR) is 47.0 cm³/mol. The second-order valence-corrected chi connectivity index (χ2v) is 4.45. The molecule has 0 bridgehead atoms. The topological polar surface area (TPSA) is 20.2 Å². The highest BCUT2D eigenvalue weighted by atomic mass is 35.5. The monoisotopic (exact) mass is 188 g/mol. The predicted octanol–water partition coefficient (Wildman–Crippen LogP) is 2.63. The van der Waals surface area contributed by atoms with Gasteiger partial charge in [0, 0.05) is 0 Å². The van der Waals surface area contributed by atoms with Crippen molar-refractivity contribution in [2.24, 2.45) is 5.92 Å². The van der Waals surface area contributed by atoms with Gasteiger partial charge in [-0.25, -0.2) is 0 Å². The fraction of sp³-hybridized carbons (Fsp3) is 0.500. The number of rotatable bonds is 1. The number of aliphatic hydroxyl groups is 1. The van der Waals surface area contributed by atoms with Crippen molar-refractivity contribution in [3.63, 3.8) is 0 Å². The highest BCUT2D eigenvalue weighted by molar-refractivity contribution is 7.10. The van der Waals surface area contributed by atoms with Crippen LogP contribution >= 0.6 is 22.9 Å². The van der Waals surface area contributed by atoms with E-state index in [1.807, 2.05) is 18.4 Å². The Bertz CT molecular complexity index is 283. The van der Waals surface area contributed by atoms with E-state index in [1.165, 1.54) is 0 Å². The Hall–Kier alpha value is -0.0500. The van der Waals surface area contributed by atoms with E-state index in [4.69, 9.17) is 11.6 Å². The zero-order chi connectivity index (χ0) is 8.06. The van der Waals surface area contributed by atoms with Crippen molar-refractivity contribution in [3.8, 4) is 0 Å². The molecule has 1 nitrogen and oxygen atoms in total. The molecule has 2 unspecified atom stereocenters. The van der Waals surface area contributed by atoms with E-state index in [0.717, 1.165) is 11.3 Å². The third-order valence-electron chi connectivity index (χ3n) is 2.28. The van der Waals surface area contributed by atoms with E-state index >= 15 is 0 Å². The van der Waals surface area contributed by atoms with Crippen LogP contribution in [0.4, 0.5) is 0 Å². The highest BCUT2D eigenvalue weighted by Gasteiger charge is 2.52. The maximum Gasteiger partial charge on any atom is 0.103 e. The zero-order valence-corrected chi connectivity index (χ0v) is 7.75. The minimum atomic E-state index is -0.592. The molecule has 60 valence electrons. The zero-order valence-electron chi connectivity index (χ0n) is 6.17. The summed E-state index contributed by atoms with van der Waals surface area (Å²) < 4.78 is 0. The molecule has 1 fully saturated rings. The largest absolute Gasteiger partial charge is 0.384 e. The van der Waals surface area contributed by atoms with Gasteiger partial charge < -0.3 is 5.11 Å². The van der Waals surface area contributed by atoms with Crippen molar-refractivity contribution in [1.82, 2.24) is 0 Å². The van der Waals surface area contributed by atoms with Gasteiger partial charge in [0.15, 0.2) is 0 Å². The molecule has 2 atom stereocenters. The summed E-state index contributed by atoms with van der Waals surface area (Å²) in [5.41, 5.74) is -0.592. The van der Waals surface area contributed by atoms with Crippen molar-refractivity contribution in [1.29, 1.82) is 0 Å². The average Bonchev–Trinajstić information content (AvgIpc) is 2.43. The van der Waals surface area contributed by atoms with Crippen LogP contribution in [0.15, 0.2) is 11.4 Å². The summed E-state index contributed by atoms with van der Waals surface area (Å²) in [4.78, 5) is 0.937. The van der Waals surface area contributed by atoms with E-state index in [1.54, 1.807) is 11.3 Å². The van der Waals surface area contributed by atoms with Crippen LogP contribution in [-0.2, 0) is 5.60 Å². The normalized spacial score (nSPS) is 35.7. The standard InChI is InChI=1S/C8H9ClOS/c1-5-4-8(5,10)7-6(9)2-3-11-7/h2-3,5,10H,4H2,1H3. The summed E-state index contributed by atoms with van der Waals surface area (Å²) in [7, 11) is 0. The van der Waals surface area contributed by atoms with Gasteiger partial charge >= 0.3 is 0 Å². The molecule has 1 N–H and O–H groups in total. The van der Waals surface area contributed by atoms with E-state index in [-0.39, 0.29) is 0 Å². The summed E-state index contributed by atoms with van der Waals surface area (Å²) in [6.45, 7) is 2.04. The van der Waals surface area contributed by atoms with Crippen LogP contribution in [0.3, 0.4) is 0 Å². The minimum absolute atomic E-state index is 0.374. The first-order valence-electron chi connectivity index (χ1n) is 3.60. The van der Waals surface area contributed by atoms with Gasteiger partial charge in [-0.15, -0.1) is 11.3 Å². The molecule has 11 heavy (non-hydrogen) atoms. The molecule has 1 aliphatic rings. The molecule has 2 rings (SSSR count). The molecule has 0 spiro atoms. The third-order valence-corrected chi connectivity index (χ3v) is 3.79. The molecule has 1 aromatic rings. The minimum Gasteiger partial charge on any atom is -0.384 e. The summed E-state index contributed by atoms with van der Waals surface area (Å²) in [6, 6.07) is 1.84. The number of hydrogen-bond donors (Lipinski definition) is 1. The molecular weight excluding hydrogens is 180 g/mol. The van der Waals surface area contributed by atoms with E-state index in [2.05, 4.69) is 0 Å². The van der Waals surface area contributed by atoms with Gasteiger partial charge in [-0.3, -0.25) is 0 Å². The van der Waals surface area contributed by atoms with Crippen LogP contribution in [-0.4, -0.2) is 5.11 Å². The van der Waals surface area contributed by atoms with Crippen LogP contribution in [0.5, 0.6) is 0 Å². The van der Waals surface area contributed by atoms with Crippen LogP contribution in [0.2, 0.25) is 5.02 Å². The van der Waals surface area contributed by atoms with Crippen LogP contribution in [0.1, 0.15) is 18.2 Å². The van der Waals surface area contributed by atoms with Gasteiger partial charge in [-0.1, -0.05) is 18.5 Å². The second kappa shape index (κ2) is 2.22. The Balaban J connectivity index is 2.37. The maximum atomic E-state index is 9.86. The van der Waals surface area contributed by atoms with E-state index < -0.39 is 5.60 Å². The smallest absolute Gasteiger partial charge is 0.103 e. The molecule has 1 heterocycles. The lowest BCUT2D eigenvalue weighted by Gasteiger charge is -2.05. The van der Waals surface area contributed by atoms with E-state index in [0.29, 0.717) is 10.9 Å². The molecular formula is C8H9ClOS. The van der Waals surface area contributed by atoms with Crippen molar-refractivity contribution in [2.45, 2.75) is 18.9 Å². The van der Waals surface area contributed by atoms with Gasteiger partial charge in [0.25, 0.3) is 0 Å². The molecule has 0 aromatic carbocycles. The van der Waals surface area contributed by atoms with Crippen LogP contribution < -0.4 is 0 Å². The van der Waals surface area contributed by atoms with Gasteiger partial charge in [-0.05, 0) is 23.8 Å². The number of thiophene rings is 1. The average molecular weight is 189 g/mol. The molecule has 1 aliphatic carbocycles. The number of halogens is 1. The number of hydrogen-bond acceptors (Lipinski definition) is 2. The lowest BCUT2D eigenvalue weighted by Crippen LogP contribution is -2.04. The fourth-order valence-electron chi connectivity index (χ4n) is 1.33. The van der Waals surface area contributed by atoms with E-state index in [9.17, 15) is 5.11 Å². The van der Waals surface area contributed by atoms with Crippen molar-refractivity contribution in [3.05, 3.63) is 21.3 Å². The lowest BCUT2D eigenvalue weighted by atomic mass is 10.2. The molecule has 0 amide bonds. The molecule has 0 aliphatic heterocycles. The second-order valence-electron chi connectivity index (χ2n) is 3.13. The summed E-state index contributed by atoms with van der Waals surface area (Å²) in [5, 5.41) is 12.5. The Morgan fingerprint density at radius 1 is 1.82 bits per heavy atom. The molecule has 1 aromatic heterocycles. The van der Waals surface area contributed by atoms with Crippen LogP contribution in [0, 0.1) is 5.92 Å². The molecule has 0 saturated heterocycles. The third kappa shape index (κ3) is 1.01. The molecule has 1 saturated carbocycles. The van der Waals surface area contributed by atoms with Gasteiger partial charge in [-0.2, -0.15) is 0 Å². The quantitative estimate of drug-likeness (QED) is 0.719. The Morgan fingerprint density at radius 3 is 2.82 bits per heavy atom. The van der Waals surface area contributed by atoms with Gasteiger partial charge in [0.2, 0.25) is 0 Å². The first-order valence-corrected chi connectivity index (χ1v) is 4.86. The van der Waals surface area contributed by atoms with Crippen LogP contribution in [0.25, 0.3) is 0 Å². The molecule has 0 radical (unpaired) electrons. The first-order chi connectivity index (χ1) is 5.14. The first kappa shape index (κ1) is 7.59. The van der Waals surface area contributed by atoms with Gasteiger partial charge in [0.05, 0.1) is 9.90 Å². The van der Waals surface area contributed by atoms with Crippen molar-refractivity contribution in [2.75, 3.05) is 0 Å². The van der Waals surface area contributed by atoms with Gasteiger partial charge in [0.1, 0.15) is 5.60 Å². The Morgan fingerprint density at radius 2 is 2.45 bits per heavy atom.